The number of halogens is 3. The molecule has 0 radical (unpaired) electrons. The highest BCUT2D eigenvalue weighted by Crippen LogP contribution is 2.29. The number of benzene rings is 2. The first-order chi connectivity index (χ1) is 14.9. The fourth-order valence-electron chi connectivity index (χ4n) is 3.05. The minimum atomic E-state index is -4.70. The first kappa shape index (κ1) is 20.9. The lowest BCUT2D eigenvalue weighted by Crippen LogP contribution is -2.16. The topological polar surface area (TPSA) is 52.8 Å². The predicted molar refractivity (Wildman–Crippen MR) is 114 cm³/mol. The van der Waals surface area contributed by atoms with Crippen molar-refractivity contribution in [1.29, 1.82) is 0 Å². The molecule has 0 saturated heterocycles. The zero-order chi connectivity index (χ0) is 21.8. The number of nitrogens with zero attached hydrogens (tertiary/aromatic N) is 4. The monoisotopic (exact) mass is 442 g/mol. The van der Waals surface area contributed by atoms with E-state index in [1.165, 1.54) is 23.9 Å². The summed E-state index contributed by atoms with van der Waals surface area (Å²) in [4.78, 5) is 4.33. The summed E-state index contributed by atoms with van der Waals surface area (Å²) in [6.45, 7) is 4.34. The largest absolute Gasteiger partial charge is 0.573 e. The smallest absolute Gasteiger partial charge is 0.406 e. The normalized spacial score (nSPS) is 11.6. The van der Waals surface area contributed by atoms with Gasteiger partial charge in [0.05, 0.1) is 5.52 Å². The lowest BCUT2D eigenvalue weighted by Gasteiger charge is -2.10. The molecule has 0 unspecified atom stereocenters. The van der Waals surface area contributed by atoms with E-state index < -0.39 is 6.36 Å². The third-order valence-electron chi connectivity index (χ3n) is 4.41. The van der Waals surface area contributed by atoms with Crippen LogP contribution in [0.5, 0.6) is 5.75 Å². The molecule has 158 valence electrons. The highest BCUT2D eigenvalue weighted by molar-refractivity contribution is 7.98. The van der Waals surface area contributed by atoms with Crippen LogP contribution in [0.1, 0.15) is 5.56 Å². The van der Waals surface area contributed by atoms with Gasteiger partial charge in [-0.3, -0.25) is 9.55 Å². The van der Waals surface area contributed by atoms with Gasteiger partial charge < -0.3 is 4.74 Å². The molecule has 0 atom stereocenters. The summed E-state index contributed by atoms with van der Waals surface area (Å²) in [5.41, 5.74) is 2.65. The Morgan fingerprint density at radius 3 is 2.61 bits per heavy atom. The summed E-state index contributed by atoms with van der Waals surface area (Å²) in [7, 11) is 0. The summed E-state index contributed by atoms with van der Waals surface area (Å²) in [6, 6.07) is 15.6. The van der Waals surface area contributed by atoms with Crippen molar-refractivity contribution in [3.63, 3.8) is 0 Å². The molecular weight excluding hydrogens is 425 g/mol. The molecule has 2 aromatic carbocycles. The molecular formula is C22H17F3N4OS. The van der Waals surface area contributed by atoms with Gasteiger partial charge in [-0.25, -0.2) is 0 Å². The van der Waals surface area contributed by atoms with E-state index in [4.69, 9.17) is 0 Å². The average Bonchev–Trinajstić information content (AvgIpc) is 3.15. The van der Waals surface area contributed by atoms with Gasteiger partial charge in [0.15, 0.2) is 11.0 Å². The van der Waals surface area contributed by atoms with Gasteiger partial charge in [0, 0.05) is 29.4 Å². The van der Waals surface area contributed by atoms with Crippen LogP contribution < -0.4 is 4.74 Å². The van der Waals surface area contributed by atoms with E-state index in [1.807, 2.05) is 34.9 Å². The summed E-state index contributed by atoms with van der Waals surface area (Å²) >= 11 is 1.44. The van der Waals surface area contributed by atoms with Gasteiger partial charge in [0.25, 0.3) is 0 Å². The zero-order valence-electron chi connectivity index (χ0n) is 16.2. The molecule has 31 heavy (non-hydrogen) atoms. The molecule has 4 aromatic rings. The fraction of sp³-hybridized carbons (Fsp3) is 0.136. The molecule has 0 N–H and O–H groups in total. The number of allylic oxidation sites excluding steroid dienone is 1. The van der Waals surface area contributed by atoms with Crippen molar-refractivity contribution in [3.8, 4) is 17.1 Å². The number of hydrogen-bond acceptors (Lipinski definition) is 5. The molecule has 0 saturated carbocycles. The lowest BCUT2D eigenvalue weighted by molar-refractivity contribution is -0.274. The number of pyridine rings is 1. The van der Waals surface area contributed by atoms with Crippen LogP contribution in [0.2, 0.25) is 0 Å². The van der Waals surface area contributed by atoms with Crippen LogP contribution in [0.15, 0.2) is 78.6 Å². The second-order valence-electron chi connectivity index (χ2n) is 6.60. The molecule has 5 nitrogen and oxygen atoms in total. The molecule has 0 aliphatic rings. The molecule has 0 spiro atoms. The van der Waals surface area contributed by atoms with E-state index in [0.29, 0.717) is 23.3 Å². The first-order valence-electron chi connectivity index (χ1n) is 9.30. The second kappa shape index (κ2) is 8.81. The minimum absolute atomic E-state index is 0.246. The van der Waals surface area contributed by atoms with Crippen LogP contribution >= 0.6 is 11.8 Å². The molecule has 9 heteroatoms. The minimum Gasteiger partial charge on any atom is -0.406 e. The summed E-state index contributed by atoms with van der Waals surface area (Å²) in [6.07, 6.45) is -1.19. The maximum atomic E-state index is 12.3. The second-order valence-corrected chi connectivity index (χ2v) is 7.54. The number of aromatic nitrogens is 4. The molecule has 0 fully saturated rings. The Balaban J connectivity index is 1.54. The molecule has 4 rings (SSSR count). The predicted octanol–water partition coefficient (Wildman–Crippen LogP) is 5.87. The Hall–Kier alpha value is -3.33. The van der Waals surface area contributed by atoms with Gasteiger partial charge in [0.2, 0.25) is 0 Å². The molecule has 0 bridgehead atoms. The molecule has 0 amide bonds. The van der Waals surface area contributed by atoms with Crippen LogP contribution in [0.25, 0.3) is 22.3 Å². The van der Waals surface area contributed by atoms with Crippen molar-refractivity contribution in [2.75, 3.05) is 0 Å². The SMILES string of the molecule is C=CCn1c(SCc2ccc(OC(F)(F)F)cc2)nnc1-c1ccc2ncccc2c1. The maximum Gasteiger partial charge on any atom is 0.573 e. The molecule has 2 aromatic heterocycles. The van der Waals surface area contributed by atoms with E-state index in [2.05, 4.69) is 26.5 Å². The quantitative estimate of drug-likeness (QED) is 0.265. The number of fused-ring (bicyclic) bond motifs is 1. The Kier molecular flexibility index (Phi) is 5.94. The number of ether oxygens (including phenoxy) is 1. The molecule has 0 aliphatic heterocycles. The van der Waals surface area contributed by atoms with Crippen LogP contribution in [0.3, 0.4) is 0 Å². The van der Waals surface area contributed by atoms with Gasteiger partial charge in [-0.2, -0.15) is 0 Å². The van der Waals surface area contributed by atoms with Crippen LogP contribution in [-0.4, -0.2) is 26.1 Å². The van der Waals surface area contributed by atoms with Crippen molar-refractivity contribution in [2.24, 2.45) is 0 Å². The van der Waals surface area contributed by atoms with E-state index in [0.717, 1.165) is 22.0 Å². The van der Waals surface area contributed by atoms with Crippen molar-refractivity contribution >= 4 is 22.7 Å². The van der Waals surface area contributed by atoms with Crippen LogP contribution in [0.4, 0.5) is 13.2 Å². The van der Waals surface area contributed by atoms with Gasteiger partial charge in [-0.1, -0.05) is 36.0 Å². The lowest BCUT2D eigenvalue weighted by atomic mass is 10.1. The number of rotatable bonds is 7. The van der Waals surface area contributed by atoms with Crippen LogP contribution in [-0.2, 0) is 12.3 Å². The number of alkyl halides is 3. The maximum absolute atomic E-state index is 12.3. The summed E-state index contributed by atoms with van der Waals surface area (Å²) < 4.78 is 42.8. The number of thioether (sulfide) groups is 1. The van der Waals surface area contributed by atoms with Crippen molar-refractivity contribution < 1.29 is 17.9 Å². The third-order valence-corrected chi connectivity index (χ3v) is 5.45. The van der Waals surface area contributed by atoms with Crippen molar-refractivity contribution in [1.82, 2.24) is 19.7 Å². The average molecular weight is 442 g/mol. The Morgan fingerprint density at radius 1 is 1.06 bits per heavy atom. The standard InChI is InChI=1S/C22H17F3N4OS/c1-2-12-29-20(17-7-10-19-16(13-17)4-3-11-26-19)27-28-21(29)31-14-15-5-8-18(9-6-15)30-22(23,24)25/h2-11,13H,1,12,14H2. The first-order valence-corrected chi connectivity index (χ1v) is 10.3. The van der Waals surface area contributed by atoms with E-state index in [1.54, 1.807) is 24.4 Å². The van der Waals surface area contributed by atoms with Crippen LogP contribution in [0, 0.1) is 0 Å². The van der Waals surface area contributed by atoms with E-state index in [9.17, 15) is 13.2 Å². The summed E-state index contributed by atoms with van der Waals surface area (Å²) in [5.74, 6) is 0.981. The molecule has 0 aliphatic carbocycles. The fourth-order valence-corrected chi connectivity index (χ4v) is 3.96. The summed E-state index contributed by atoms with van der Waals surface area (Å²) in [5, 5.41) is 10.4. The van der Waals surface area contributed by atoms with Gasteiger partial charge >= 0.3 is 6.36 Å². The van der Waals surface area contributed by atoms with Crippen molar-refractivity contribution in [2.45, 2.75) is 23.8 Å². The highest BCUT2D eigenvalue weighted by atomic mass is 32.2. The Labute approximate surface area is 180 Å². The third kappa shape index (κ3) is 5.05. The van der Waals surface area contributed by atoms with Gasteiger partial charge in [-0.15, -0.1) is 29.9 Å². The Morgan fingerprint density at radius 2 is 1.87 bits per heavy atom. The Bertz CT molecular complexity index is 1210. The van der Waals surface area contributed by atoms with Gasteiger partial charge in [0.1, 0.15) is 5.75 Å². The van der Waals surface area contributed by atoms with E-state index >= 15 is 0 Å². The molecule has 2 heterocycles. The van der Waals surface area contributed by atoms with E-state index in [-0.39, 0.29) is 5.75 Å². The highest BCUT2D eigenvalue weighted by Gasteiger charge is 2.30. The number of hydrogen-bond donors (Lipinski definition) is 0. The zero-order valence-corrected chi connectivity index (χ0v) is 17.0. The van der Waals surface area contributed by atoms with Gasteiger partial charge in [-0.05, 0) is 42.0 Å². The van der Waals surface area contributed by atoms with Crippen molar-refractivity contribution in [3.05, 3.63) is 79.0 Å².